The topological polar surface area (TPSA) is 57.6 Å². The van der Waals surface area contributed by atoms with Gasteiger partial charge in [0.25, 0.3) is 0 Å². The largest absolute Gasteiger partial charge is 0.416 e. The quantitative estimate of drug-likeness (QED) is 0.903. The van der Waals surface area contributed by atoms with Crippen molar-refractivity contribution in [1.82, 2.24) is 4.31 Å². The summed E-state index contributed by atoms with van der Waals surface area (Å²) < 4.78 is 63.3. The Kier molecular flexibility index (Phi) is 4.32. The zero-order chi connectivity index (χ0) is 15.8. The lowest BCUT2D eigenvalue weighted by atomic mass is 10.2. The summed E-state index contributed by atoms with van der Waals surface area (Å²) in [6.45, 7) is -0.122. The van der Waals surface area contributed by atoms with Crippen LogP contribution in [0.5, 0.6) is 0 Å². The van der Waals surface area contributed by atoms with Crippen LogP contribution >= 0.6 is 0 Å². The van der Waals surface area contributed by atoms with Gasteiger partial charge in [0.2, 0.25) is 10.0 Å². The van der Waals surface area contributed by atoms with Crippen molar-refractivity contribution in [3.8, 4) is 0 Å². The number of alkyl halides is 3. The summed E-state index contributed by atoms with van der Waals surface area (Å²) >= 11 is 0. The highest BCUT2D eigenvalue weighted by Crippen LogP contribution is 2.34. The van der Waals surface area contributed by atoms with Gasteiger partial charge in [0.05, 0.1) is 16.6 Å². The first-order valence-corrected chi connectivity index (χ1v) is 7.88. The maximum Gasteiger partial charge on any atom is 0.416 e. The third kappa shape index (κ3) is 3.75. The monoisotopic (exact) mass is 323 g/mol. The van der Waals surface area contributed by atoms with E-state index in [-0.39, 0.29) is 12.5 Å². The first-order valence-electron chi connectivity index (χ1n) is 6.44. The molecule has 1 saturated carbocycles. The molecular formula is C13H16F3NO3S. The lowest BCUT2D eigenvalue weighted by Gasteiger charge is -2.21. The van der Waals surface area contributed by atoms with Crippen molar-refractivity contribution < 1.29 is 26.7 Å². The molecule has 0 aliphatic heterocycles. The molecule has 1 N–H and O–H groups in total. The molecular weight excluding hydrogens is 307 g/mol. The number of aliphatic hydroxyl groups excluding tert-OH is 1. The molecule has 1 atom stereocenters. The molecule has 1 aromatic rings. The first kappa shape index (κ1) is 16.3. The van der Waals surface area contributed by atoms with Gasteiger partial charge in [-0.25, -0.2) is 8.42 Å². The van der Waals surface area contributed by atoms with Crippen LogP contribution in [0.1, 0.15) is 18.4 Å². The Balaban J connectivity index is 2.22. The van der Waals surface area contributed by atoms with Gasteiger partial charge in [0.15, 0.2) is 0 Å². The smallest absolute Gasteiger partial charge is 0.391 e. The van der Waals surface area contributed by atoms with Crippen LogP contribution in [0.25, 0.3) is 0 Å². The Labute approximate surface area is 121 Å². The molecule has 0 heterocycles. The maximum absolute atomic E-state index is 12.6. The van der Waals surface area contributed by atoms with Crippen LogP contribution in [-0.2, 0) is 16.2 Å². The van der Waals surface area contributed by atoms with E-state index in [1.807, 2.05) is 0 Å². The van der Waals surface area contributed by atoms with Gasteiger partial charge in [-0.05, 0) is 37.0 Å². The number of aliphatic hydroxyl groups is 1. The van der Waals surface area contributed by atoms with Gasteiger partial charge in [-0.3, -0.25) is 0 Å². The van der Waals surface area contributed by atoms with Crippen molar-refractivity contribution in [2.24, 2.45) is 5.92 Å². The van der Waals surface area contributed by atoms with E-state index in [4.69, 9.17) is 0 Å². The summed E-state index contributed by atoms with van der Waals surface area (Å²) in [7, 11) is -2.80. The van der Waals surface area contributed by atoms with Gasteiger partial charge >= 0.3 is 6.18 Å². The second-order valence-electron chi connectivity index (χ2n) is 5.22. The van der Waals surface area contributed by atoms with Gasteiger partial charge in [-0.2, -0.15) is 17.5 Å². The fourth-order valence-corrected chi connectivity index (χ4v) is 3.24. The lowest BCUT2D eigenvalue weighted by Crippen LogP contribution is -2.35. The normalized spacial score (nSPS) is 18.0. The summed E-state index contributed by atoms with van der Waals surface area (Å²) in [6.07, 6.45) is -3.69. The molecule has 0 amide bonds. The standard InChI is InChI=1S/C13H16F3NO3S/c1-17(8-12(18)9-5-6-9)21(19,20)11-4-2-3-10(7-11)13(14,15)16/h2-4,7,9,12,18H,5-6,8H2,1H3/t12-/m0/s1. The Morgan fingerprint density at radius 3 is 2.52 bits per heavy atom. The number of nitrogens with zero attached hydrogens (tertiary/aromatic N) is 1. The average Bonchev–Trinajstić information content (AvgIpc) is 3.22. The van der Waals surface area contributed by atoms with Gasteiger partial charge in [0.1, 0.15) is 0 Å². The fraction of sp³-hybridized carbons (Fsp3) is 0.538. The Morgan fingerprint density at radius 1 is 1.38 bits per heavy atom. The van der Waals surface area contributed by atoms with E-state index in [1.54, 1.807) is 0 Å². The molecule has 0 aromatic heterocycles. The molecule has 4 nitrogen and oxygen atoms in total. The molecule has 1 aliphatic carbocycles. The molecule has 0 radical (unpaired) electrons. The van der Waals surface area contributed by atoms with Crippen LogP contribution in [-0.4, -0.2) is 37.5 Å². The minimum absolute atomic E-state index is 0.0872. The highest BCUT2D eigenvalue weighted by molar-refractivity contribution is 7.89. The highest BCUT2D eigenvalue weighted by Gasteiger charge is 2.35. The van der Waals surface area contributed by atoms with E-state index in [0.717, 1.165) is 35.3 Å². The molecule has 1 aliphatic rings. The lowest BCUT2D eigenvalue weighted by molar-refractivity contribution is -0.137. The predicted molar refractivity (Wildman–Crippen MR) is 70.0 cm³/mol. The van der Waals surface area contributed by atoms with E-state index in [9.17, 15) is 26.7 Å². The average molecular weight is 323 g/mol. The Bertz CT molecular complexity index is 611. The Morgan fingerprint density at radius 2 is 2.00 bits per heavy atom. The van der Waals surface area contributed by atoms with E-state index in [1.165, 1.54) is 7.05 Å². The molecule has 8 heteroatoms. The minimum Gasteiger partial charge on any atom is -0.391 e. The Hall–Kier alpha value is -1.12. The van der Waals surface area contributed by atoms with E-state index in [2.05, 4.69) is 0 Å². The molecule has 0 spiro atoms. The highest BCUT2D eigenvalue weighted by atomic mass is 32.2. The van der Waals surface area contributed by atoms with Crippen LogP contribution in [0.3, 0.4) is 0 Å². The zero-order valence-corrected chi connectivity index (χ0v) is 12.2. The SMILES string of the molecule is CN(C[C@H](O)C1CC1)S(=O)(=O)c1cccc(C(F)(F)F)c1. The summed E-state index contributed by atoms with van der Waals surface area (Å²) in [4.78, 5) is -0.428. The molecule has 1 aromatic carbocycles. The summed E-state index contributed by atoms with van der Waals surface area (Å²) in [5, 5.41) is 9.77. The molecule has 21 heavy (non-hydrogen) atoms. The summed E-state index contributed by atoms with van der Waals surface area (Å²) in [5.41, 5.74) is -1.01. The molecule has 118 valence electrons. The summed E-state index contributed by atoms with van der Waals surface area (Å²) in [5.74, 6) is 0.0872. The van der Waals surface area contributed by atoms with Crippen LogP contribution in [0, 0.1) is 5.92 Å². The van der Waals surface area contributed by atoms with Crippen molar-refractivity contribution in [3.05, 3.63) is 29.8 Å². The number of hydrogen-bond donors (Lipinski definition) is 1. The number of sulfonamides is 1. The van der Waals surface area contributed by atoms with E-state index < -0.39 is 32.8 Å². The van der Waals surface area contributed by atoms with Crippen molar-refractivity contribution in [3.63, 3.8) is 0 Å². The van der Waals surface area contributed by atoms with Crippen LogP contribution in [0.2, 0.25) is 0 Å². The van der Waals surface area contributed by atoms with Crippen molar-refractivity contribution in [2.75, 3.05) is 13.6 Å². The zero-order valence-electron chi connectivity index (χ0n) is 11.3. The maximum atomic E-state index is 12.6. The van der Waals surface area contributed by atoms with E-state index in [0.29, 0.717) is 6.07 Å². The van der Waals surface area contributed by atoms with Crippen molar-refractivity contribution in [1.29, 1.82) is 0 Å². The van der Waals surface area contributed by atoms with Gasteiger partial charge in [0, 0.05) is 13.6 Å². The molecule has 2 rings (SSSR count). The number of likely N-dealkylation sites (N-methyl/N-ethyl adjacent to an activating group) is 1. The van der Waals surface area contributed by atoms with Gasteiger partial charge in [-0.1, -0.05) is 6.07 Å². The first-order chi connectivity index (χ1) is 9.62. The summed E-state index contributed by atoms with van der Waals surface area (Å²) in [6, 6.07) is 3.60. The number of benzene rings is 1. The van der Waals surface area contributed by atoms with Crippen LogP contribution < -0.4 is 0 Å². The number of rotatable bonds is 5. The second-order valence-corrected chi connectivity index (χ2v) is 7.26. The van der Waals surface area contributed by atoms with Gasteiger partial charge in [-0.15, -0.1) is 0 Å². The molecule has 0 bridgehead atoms. The van der Waals surface area contributed by atoms with Crippen LogP contribution in [0.4, 0.5) is 13.2 Å². The molecule has 0 unspecified atom stereocenters. The number of hydrogen-bond acceptors (Lipinski definition) is 3. The third-order valence-corrected chi connectivity index (χ3v) is 5.30. The van der Waals surface area contributed by atoms with Crippen molar-refractivity contribution in [2.45, 2.75) is 30.0 Å². The van der Waals surface area contributed by atoms with Crippen molar-refractivity contribution >= 4 is 10.0 Å². The third-order valence-electron chi connectivity index (χ3n) is 3.48. The number of halogens is 3. The van der Waals surface area contributed by atoms with E-state index >= 15 is 0 Å². The van der Waals surface area contributed by atoms with Gasteiger partial charge < -0.3 is 5.11 Å². The minimum atomic E-state index is -4.60. The second kappa shape index (κ2) is 5.58. The van der Waals surface area contributed by atoms with Crippen LogP contribution in [0.15, 0.2) is 29.2 Å². The fourth-order valence-electron chi connectivity index (χ4n) is 2.00. The molecule has 1 fully saturated rings. The molecule has 0 saturated heterocycles. The predicted octanol–water partition coefficient (Wildman–Crippen LogP) is 2.10.